The minimum atomic E-state index is -0.495. The van der Waals surface area contributed by atoms with Gasteiger partial charge in [0.25, 0.3) is 0 Å². The number of carbonyl (C=O) groups is 3. The van der Waals surface area contributed by atoms with Gasteiger partial charge in [0.2, 0.25) is 11.8 Å². The molecule has 1 atom stereocenters. The van der Waals surface area contributed by atoms with Crippen molar-refractivity contribution in [2.24, 2.45) is 4.99 Å². The molecule has 0 aromatic heterocycles. The van der Waals surface area contributed by atoms with Crippen LogP contribution in [-0.4, -0.2) is 53.3 Å². The Morgan fingerprint density at radius 2 is 2.08 bits per heavy atom. The zero-order chi connectivity index (χ0) is 17.1. The predicted octanol–water partition coefficient (Wildman–Crippen LogP) is 1.51. The van der Waals surface area contributed by atoms with E-state index in [0.29, 0.717) is 29.5 Å². The Kier molecular flexibility index (Phi) is 4.84. The SMILES string of the molecule is COC(=O)c1ccc(NC(=O)[C@H]2CC(=O)N3CCCN=C3S2)cc1. The van der Waals surface area contributed by atoms with Gasteiger partial charge in [-0.25, -0.2) is 4.79 Å². The van der Waals surface area contributed by atoms with Crippen molar-refractivity contribution >= 4 is 40.4 Å². The summed E-state index contributed by atoms with van der Waals surface area (Å²) in [7, 11) is 1.31. The van der Waals surface area contributed by atoms with Gasteiger partial charge in [0.15, 0.2) is 5.17 Å². The molecule has 2 aliphatic heterocycles. The molecule has 0 spiro atoms. The Morgan fingerprint density at radius 1 is 1.33 bits per heavy atom. The number of carbonyl (C=O) groups excluding carboxylic acids is 3. The monoisotopic (exact) mass is 347 g/mol. The number of esters is 1. The van der Waals surface area contributed by atoms with Gasteiger partial charge in [0, 0.05) is 25.2 Å². The normalized spacial score (nSPS) is 20.0. The number of nitrogens with one attached hydrogen (secondary N) is 1. The fourth-order valence-electron chi connectivity index (χ4n) is 2.53. The zero-order valence-electron chi connectivity index (χ0n) is 13.2. The van der Waals surface area contributed by atoms with Crippen LogP contribution in [-0.2, 0) is 14.3 Å². The third-order valence-corrected chi connectivity index (χ3v) is 5.02. The van der Waals surface area contributed by atoms with Crippen LogP contribution in [0.15, 0.2) is 29.3 Å². The fourth-order valence-corrected chi connectivity index (χ4v) is 3.66. The minimum absolute atomic E-state index is 0.0617. The number of amidine groups is 1. The lowest BCUT2D eigenvalue weighted by molar-refractivity contribution is -0.129. The number of hydrogen-bond acceptors (Lipinski definition) is 6. The summed E-state index contributed by atoms with van der Waals surface area (Å²) in [6.45, 7) is 1.36. The van der Waals surface area contributed by atoms with E-state index in [0.717, 1.165) is 6.42 Å². The van der Waals surface area contributed by atoms with Crippen LogP contribution in [0.3, 0.4) is 0 Å². The van der Waals surface area contributed by atoms with Crippen molar-refractivity contribution in [2.75, 3.05) is 25.5 Å². The molecule has 1 N–H and O–H groups in total. The maximum Gasteiger partial charge on any atom is 0.337 e. The van der Waals surface area contributed by atoms with Crippen LogP contribution in [0.5, 0.6) is 0 Å². The molecule has 0 saturated carbocycles. The van der Waals surface area contributed by atoms with E-state index in [2.05, 4.69) is 15.0 Å². The Balaban J connectivity index is 1.65. The molecule has 0 aliphatic carbocycles. The number of ether oxygens (including phenoxy) is 1. The van der Waals surface area contributed by atoms with Crippen LogP contribution in [0.2, 0.25) is 0 Å². The van der Waals surface area contributed by atoms with Crippen molar-refractivity contribution in [1.29, 1.82) is 0 Å². The average Bonchev–Trinajstić information content (AvgIpc) is 2.61. The lowest BCUT2D eigenvalue weighted by Crippen LogP contribution is -2.47. The molecule has 2 amide bonds. The van der Waals surface area contributed by atoms with Gasteiger partial charge in [0.05, 0.1) is 12.7 Å². The van der Waals surface area contributed by atoms with Crippen LogP contribution in [0.25, 0.3) is 0 Å². The third kappa shape index (κ3) is 3.43. The molecular formula is C16H17N3O4S. The molecule has 7 nitrogen and oxygen atoms in total. The standard InChI is InChI=1S/C16H17N3O4S/c1-23-15(22)10-3-5-11(6-4-10)18-14(21)12-9-13(20)19-8-2-7-17-16(19)24-12/h3-6,12H,2,7-9H2,1H3,(H,18,21)/t12-/m1/s1. The highest BCUT2D eigenvalue weighted by molar-refractivity contribution is 8.15. The van der Waals surface area contributed by atoms with E-state index in [1.54, 1.807) is 29.2 Å². The summed E-state index contributed by atoms with van der Waals surface area (Å²) in [5.41, 5.74) is 0.971. The quantitative estimate of drug-likeness (QED) is 0.837. The molecule has 24 heavy (non-hydrogen) atoms. The summed E-state index contributed by atoms with van der Waals surface area (Å²) in [5, 5.41) is 2.92. The largest absolute Gasteiger partial charge is 0.465 e. The first-order valence-corrected chi connectivity index (χ1v) is 8.47. The van der Waals surface area contributed by atoms with Gasteiger partial charge in [-0.05, 0) is 30.7 Å². The second-order valence-corrected chi connectivity index (χ2v) is 6.60. The lowest BCUT2D eigenvalue weighted by atomic mass is 10.2. The summed E-state index contributed by atoms with van der Waals surface area (Å²) < 4.78 is 4.63. The molecule has 1 aromatic rings. The second kappa shape index (κ2) is 7.04. The summed E-state index contributed by atoms with van der Waals surface area (Å²) in [4.78, 5) is 41.9. The summed E-state index contributed by atoms with van der Waals surface area (Å²) in [6, 6.07) is 6.41. The van der Waals surface area contributed by atoms with Gasteiger partial charge in [0.1, 0.15) is 5.25 Å². The highest BCUT2D eigenvalue weighted by Crippen LogP contribution is 2.29. The number of benzene rings is 1. The Hall–Kier alpha value is -2.35. The lowest BCUT2D eigenvalue weighted by Gasteiger charge is -2.33. The van der Waals surface area contributed by atoms with Crippen molar-refractivity contribution in [2.45, 2.75) is 18.1 Å². The van der Waals surface area contributed by atoms with Crippen molar-refractivity contribution in [3.8, 4) is 0 Å². The molecule has 2 aliphatic rings. The predicted molar refractivity (Wildman–Crippen MR) is 91.0 cm³/mol. The van der Waals surface area contributed by atoms with Crippen LogP contribution in [0.4, 0.5) is 5.69 Å². The summed E-state index contributed by atoms with van der Waals surface area (Å²) in [6.07, 6.45) is 1.02. The number of anilines is 1. The van der Waals surface area contributed by atoms with Gasteiger partial charge < -0.3 is 10.1 Å². The molecule has 3 rings (SSSR count). The summed E-state index contributed by atoms with van der Waals surface area (Å²) >= 11 is 1.33. The van der Waals surface area contributed by atoms with Gasteiger partial charge in [-0.15, -0.1) is 0 Å². The number of fused-ring (bicyclic) bond motifs is 1. The van der Waals surface area contributed by atoms with Crippen LogP contribution in [0.1, 0.15) is 23.2 Å². The van der Waals surface area contributed by atoms with E-state index in [1.807, 2.05) is 0 Å². The molecular weight excluding hydrogens is 330 g/mol. The molecule has 1 saturated heterocycles. The number of aliphatic imine (C=N–C) groups is 1. The maximum absolute atomic E-state index is 12.4. The van der Waals surface area contributed by atoms with Gasteiger partial charge in [-0.1, -0.05) is 11.8 Å². The first-order valence-electron chi connectivity index (χ1n) is 7.59. The number of methoxy groups -OCH3 is 1. The van der Waals surface area contributed by atoms with E-state index in [1.165, 1.54) is 18.9 Å². The van der Waals surface area contributed by atoms with E-state index < -0.39 is 11.2 Å². The van der Waals surface area contributed by atoms with Crippen LogP contribution >= 0.6 is 11.8 Å². The maximum atomic E-state index is 12.4. The van der Waals surface area contributed by atoms with Crippen LogP contribution < -0.4 is 5.32 Å². The van der Waals surface area contributed by atoms with E-state index in [-0.39, 0.29) is 18.2 Å². The second-order valence-electron chi connectivity index (χ2n) is 5.43. The van der Waals surface area contributed by atoms with Gasteiger partial charge in [-0.3, -0.25) is 19.5 Å². The smallest absolute Gasteiger partial charge is 0.337 e. The molecule has 0 unspecified atom stereocenters. The zero-order valence-corrected chi connectivity index (χ0v) is 14.0. The highest BCUT2D eigenvalue weighted by Gasteiger charge is 2.36. The molecule has 1 aromatic carbocycles. The number of rotatable bonds is 3. The molecule has 0 radical (unpaired) electrons. The molecule has 2 heterocycles. The minimum Gasteiger partial charge on any atom is -0.465 e. The highest BCUT2D eigenvalue weighted by atomic mass is 32.2. The van der Waals surface area contributed by atoms with Crippen molar-refractivity contribution in [1.82, 2.24) is 4.90 Å². The third-order valence-electron chi connectivity index (χ3n) is 3.79. The Labute approximate surface area is 143 Å². The van der Waals surface area contributed by atoms with Crippen LogP contribution in [0, 0.1) is 0 Å². The van der Waals surface area contributed by atoms with Crippen molar-refractivity contribution in [3.05, 3.63) is 29.8 Å². The number of hydrogen-bond donors (Lipinski definition) is 1. The Bertz CT molecular complexity index is 702. The first-order chi connectivity index (χ1) is 11.6. The van der Waals surface area contributed by atoms with E-state index >= 15 is 0 Å². The average molecular weight is 347 g/mol. The van der Waals surface area contributed by atoms with Crippen molar-refractivity contribution in [3.63, 3.8) is 0 Å². The molecule has 126 valence electrons. The van der Waals surface area contributed by atoms with E-state index in [4.69, 9.17) is 0 Å². The first kappa shape index (κ1) is 16.5. The van der Waals surface area contributed by atoms with Gasteiger partial charge >= 0.3 is 5.97 Å². The molecule has 0 bridgehead atoms. The molecule has 1 fully saturated rings. The van der Waals surface area contributed by atoms with Crippen molar-refractivity contribution < 1.29 is 19.1 Å². The number of thioether (sulfide) groups is 1. The summed E-state index contributed by atoms with van der Waals surface area (Å²) in [5.74, 6) is -0.739. The molecule has 8 heteroatoms. The number of nitrogens with zero attached hydrogens (tertiary/aromatic N) is 2. The fraction of sp³-hybridized carbons (Fsp3) is 0.375. The van der Waals surface area contributed by atoms with E-state index in [9.17, 15) is 14.4 Å². The topological polar surface area (TPSA) is 88.1 Å². The van der Waals surface area contributed by atoms with Gasteiger partial charge in [-0.2, -0.15) is 0 Å². The number of amides is 2. The Morgan fingerprint density at radius 3 is 2.79 bits per heavy atom.